The molecule has 0 aromatic heterocycles. The van der Waals surface area contributed by atoms with Crippen molar-refractivity contribution < 1.29 is 19.4 Å². The zero-order valence-corrected chi connectivity index (χ0v) is 19.4. The summed E-state index contributed by atoms with van der Waals surface area (Å²) in [5.74, 6) is 3.42. The number of esters is 1. The number of carbonyl (C=O) groups is 1. The highest BCUT2D eigenvalue weighted by molar-refractivity contribution is 5.87. The fourth-order valence-electron chi connectivity index (χ4n) is 5.54. The van der Waals surface area contributed by atoms with Crippen molar-refractivity contribution in [3.63, 3.8) is 0 Å². The molecule has 1 N–H and O–H groups in total. The molecule has 4 nitrogen and oxygen atoms in total. The Bertz CT molecular complexity index is 473. The van der Waals surface area contributed by atoms with E-state index in [0.29, 0.717) is 12.2 Å². The molecule has 0 amide bonds. The van der Waals surface area contributed by atoms with Crippen LogP contribution in [0.1, 0.15) is 96.8 Å². The van der Waals surface area contributed by atoms with Crippen molar-refractivity contribution >= 4 is 5.97 Å². The predicted octanol–water partition coefficient (Wildman–Crippen LogP) is 6.07. The number of unbranched alkanes of at least 4 members (excludes halogenated alkanes) is 2. The monoisotopic (exact) mass is 422 g/mol. The van der Waals surface area contributed by atoms with Gasteiger partial charge in [0.1, 0.15) is 0 Å². The van der Waals surface area contributed by atoms with Crippen LogP contribution in [-0.4, -0.2) is 37.5 Å². The molecule has 2 rings (SSSR count). The van der Waals surface area contributed by atoms with E-state index in [1.165, 1.54) is 77.0 Å². The minimum Gasteiger partial charge on any atom is -0.462 e. The van der Waals surface area contributed by atoms with Gasteiger partial charge in [-0.2, -0.15) is 0 Å². The maximum atomic E-state index is 11.8. The first-order chi connectivity index (χ1) is 14.6. The maximum Gasteiger partial charge on any atom is 0.335 e. The third-order valence-corrected chi connectivity index (χ3v) is 7.46. The summed E-state index contributed by atoms with van der Waals surface area (Å²) >= 11 is 0. The largest absolute Gasteiger partial charge is 0.462 e. The first kappa shape index (κ1) is 25.4. The number of carbonyl (C=O) groups excluding carboxylic acids is 1. The molecule has 0 atom stereocenters. The Balaban J connectivity index is 1.51. The molecule has 4 heteroatoms. The quantitative estimate of drug-likeness (QED) is 0.210. The Hall–Kier alpha value is -0.870. The van der Waals surface area contributed by atoms with Crippen LogP contribution in [-0.2, 0) is 14.3 Å². The Kier molecular flexibility index (Phi) is 12.7. The minimum atomic E-state index is -0.373. The van der Waals surface area contributed by atoms with Crippen LogP contribution in [0.5, 0.6) is 0 Å². The Labute approximate surface area is 184 Å². The fourth-order valence-corrected chi connectivity index (χ4v) is 5.54. The second-order valence-electron chi connectivity index (χ2n) is 9.72. The van der Waals surface area contributed by atoms with E-state index in [1.807, 2.05) is 0 Å². The Morgan fingerprint density at radius 3 is 1.97 bits per heavy atom. The summed E-state index contributed by atoms with van der Waals surface area (Å²) in [6.07, 6.45) is 19.2. The van der Waals surface area contributed by atoms with E-state index in [0.717, 1.165) is 36.5 Å². The summed E-state index contributed by atoms with van der Waals surface area (Å²) in [5.41, 5.74) is 0.323. The lowest BCUT2D eigenvalue weighted by molar-refractivity contribution is -0.139. The molecule has 0 aromatic carbocycles. The van der Waals surface area contributed by atoms with Crippen LogP contribution in [0.15, 0.2) is 12.2 Å². The molecule has 174 valence electrons. The van der Waals surface area contributed by atoms with E-state index in [9.17, 15) is 4.79 Å². The number of aliphatic hydroxyl groups is 1. The summed E-state index contributed by atoms with van der Waals surface area (Å²) in [4.78, 5) is 11.8. The highest BCUT2D eigenvalue weighted by Crippen LogP contribution is 2.43. The number of hydrogen-bond acceptors (Lipinski definition) is 4. The number of ether oxygens (including phenoxy) is 2. The van der Waals surface area contributed by atoms with E-state index in [2.05, 4.69) is 13.5 Å². The summed E-state index contributed by atoms with van der Waals surface area (Å²) in [6, 6.07) is 0. The van der Waals surface area contributed by atoms with Crippen molar-refractivity contribution in [1.82, 2.24) is 0 Å². The van der Waals surface area contributed by atoms with Gasteiger partial charge in [-0.3, -0.25) is 0 Å². The zero-order chi connectivity index (χ0) is 21.6. The second kappa shape index (κ2) is 15.0. The normalized spacial score (nSPS) is 27.0. The molecule has 0 aromatic rings. The van der Waals surface area contributed by atoms with Gasteiger partial charge in [0.25, 0.3) is 0 Å². The minimum absolute atomic E-state index is 0.0507. The van der Waals surface area contributed by atoms with Gasteiger partial charge in [-0.15, -0.1) is 0 Å². The maximum absolute atomic E-state index is 11.8. The molecule has 2 saturated carbocycles. The van der Waals surface area contributed by atoms with E-state index in [1.54, 1.807) is 0 Å². The molecule has 2 aliphatic rings. The first-order valence-electron chi connectivity index (χ1n) is 12.7. The van der Waals surface area contributed by atoms with Gasteiger partial charge >= 0.3 is 5.97 Å². The topological polar surface area (TPSA) is 55.8 Å². The van der Waals surface area contributed by atoms with Gasteiger partial charge in [0.05, 0.1) is 32.0 Å². The van der Waals surface area contributed by atoms with Crippen LogP contribution in [0.2, 0.25) is 0 Å². The molecule has 0 radical (unpaired) electrons. The number of aliphatic hydroxyl groups excluding tert-OH is 1. The summed E-state index contributed by atoms with van der Waals surface area (Å²) < 4.78 is 10.4. The molecule has 30 heavy (non-hydrogen) atoms. The molecule has 0 bridgehead atoms. The number of hydrogen-bond donors (Lipinski definition) is 1. The second-order valence-corrected chi connectivity index (χ2v) is 9.72. The summed E-state index contributed by atoms with van der Waals surface area (Å²) in [7, 11) is 0. The van der Waals surface area contributed by atoms with Gasteiger partial charge < -0.3 is 14.6 Å². The van der Waals surface area contributed by atoms with E-state index < -0.39 is 0 Å². The number of rotatable bonds is 14. The molecule has 0 spiro atoms. The van der Waals surface area contributed by atoms with Gasteiger partial charge in [-0.05, 0) is 62.2 Å². The lowest BCUT2D eigenvalue weighted by Gasteiger charge is -2.38. The molecule has 2 fully saturated rings. The van der Waals surface area contributed by atoms with Gasteiger partial charge in [0.2, 0.25) is 0 Å². The van der Waals surface area contributed by atoms with Gasteiger partial charge in [0.15, 0.2) is 0 Å². The van der Waals surface area contributed by atoms with Crippen molar-refractivity contribution in [3.8, 4) is 0 Å². The third-order valence-electron chi connectivity index (χ3n) is 7.46. The van der Waals surface area contributed by atoms with Crippen LogP contribution in [0.25, 0.3) is 0 Å². The highest BCUT2D eigenvalue weighted by atomic mass is 16.5. The fraction of sp³-hybridized carbons (Fsp3) is 0.885. The average Bonchev–Trinajstić information content (AvgIpc) is 2.78. The smallest absolute Gasteiger partial charge is 0.335 e. The van der Waals surface area contributed by atoms with Crippen LogP contribution >= 0.6 is 0 Å². The van der Waals surface area contributed by atoms with Crippen LogP contribution in [0.4, 0.5) is 0 Å². The van der Waals surface area contributed by atoms with E-state index >= 15 is 0 Å². The molecule has 0 aliphatic heterocycles. The Morgan fingerprint density at radius 2 is 1.43 bits per heavy atom. The first-order valence-corrected chi connectivity index (χ1v) is 12.7. The average molecular weight is 423 g/mol. The van der Waals surface area contributed by atoms with Gasteiger partial charge in [-0.25, -0.2) is 4.79 Å². The molecule has 0 heterocycles. The molecular formula is C26H46O4. The lowest BCUT2D eigenvalue weighted by atomic mass is 9.68. The SMILES string of the molecule is C=C(COCCO)C(=O)OCCCC1CCC(C2CCC(CCCCC)CC2)CC1. The van der Waals surface area contributed by atoms with E-state index in [4.69, 9.17) is 14.6 Å². The highest BCUT2D eigenvalue weighted by Gasteiger charge is 2.30. The van der Waals surface area contributed by atoms with Gasteiger partial charge in [0, 0.05) is 0 Å². The van der Waals surface area contributed by atoms with Crippen molar-refractivity contribution in [2.75, 3.05) is 26.4 Å². The van der Waals surface area contributed by atoms with Crippen molar-refractivity contribution in [2.24, 2.45) is 23.7 Å². The lowest BCUT2D eigenvalue weighted by Crippen LogP contribution is -2.26. The Morgan fingerprint density at radius 1 is 0.867 bits per heavy atom. The van der Waals surface area contributed by atoms with Crippen molar-refractivity contribution in [1.29, 1.82) is 0 Å². The van der Waals surface area contributed by atoms with Crippen molar-refractivity contribution in [3.05, 3.63) is 12.2 Å². The van der Waals surface area contributed by atoms with Crippen LogP contribution < -0.4 is 0 Å². The molecule has 2 aliphatic carbocycles. The van der Waals surface area contributed by atoms with Crippen LogP contribution in [0, 0.1) is 23.7 Å². The van der Waals surface area contributed by atoms with Crippen LogP contribution in [0.3, 0.4) is 0 Å². The third kappa shape index (κ3) is 9.51. The van der Waals surface area contributed by atoms with Crippen molar-refractivity contribution in [2.45, 2.75) is 96.8 Å². The molecule has 0 unspecified atom stereocenters. The summed E-state index contributed by atoms with van der Waals surface area (Å²) in [5, 5.41) is 8.68. The van der Waals surface area contributed by atoms with E-state index in [-0.39, 0.29) is 25.8 Å². The molecule has 0 saturated heterocycles. The standard InChI is InChI=1S/C26H46O4/c1-3-4-5-7-22-9-13-24(14-10-22)25-15-11-23(12-16-25)8-6-18-30-26(28)21(2)20-29-19-17-27/h22-25,27H,2-20H2,1H3. The zero-order valence-electron chi connectivity index (χ0n) is 19.4. The molecular weight excluding hydrogens is 376 g/mol. The summed E-state index contributed by atoms with van der Waals surface area (Å²) in [6.45, 7) is 6.76. The predicted molar refractivity (Wildman–Crippen MR) is 122 cm³/mol. The van der Waals surface area contributed by atoms with Gasteiger partial charge in [-0.1, -0.05) is 64.9 Å².